The van der Waals surface area contributed by atoms with Crippen molar-refractivity contribution in [2.24, 2.45) is 0 Å². The van der Waals surface area contributed by atoms with Gasteiger partial charge >= 0.3 is 29.4 Å². The van der Waals surface area contributed by atoms with Gasteiger partial charge in [-0.25, -0.2) is 22.8 Å². The van der Waals surface area contributed by atoms with Gasteiger partial charge in [0, 0.05) is 0 Å². The molecule has 1 rings (SSSR count). The van der Waals surface area contributed by atoms with Gasteiger partial charge in [-0.2, -0.15) is 8.78 Å². The van der Waals surface area contributed by atoms with Crippen LogP contribution >= 0.6 is 0 Å². The second-order valence-corrected chi connectivity index (χ2v) is 3.56. The maximum Gasteiger partial charge on any atom is 0.352 e. The number of aliphatic hydroxyl groups is 1. The molecule has 0 spiro atoms. The van der Waals surface area contributed by atoms with E-state index in [1.165, 1.54) is 0 Å². The fourth-order valence-electron chi connectivity index (χ4n) is 1.43. The Morgan fingerprint density at radius 3 is 1.67 bits per heavy atom. The Hall–Kier alpha value is -1.71. The normalized spacial score (nSPS) is 42.6. The number of carboxylic acid groups (broad SMARTS) is 2. The Balaban J connectivity index is 3.70. The van der Waals surface area contributed by atoms with Crippen LogP contribution in [0.25, 0.3) is 0 Å². The molecule has 0 fully saturated rings. The second-order valence-electron chi connectivity index (χ2n) is 3.56. The first-order chi connectivity index (χ1) is 7.84. The van der Waals surface area contributed by atoms with E-state index in [0.29, 0.717) is 0 Å². The van der Waals surface area contributed by atoms with E-state index in [0.717, 1.165) is 0 Å². The van der Waals surface area contributed by atoms with Crippen molar-refractivity contribution in [2.45, 2.75) is 23.1 Å². The van der Waals surface area contributed by atoms with E-state index in [2.05, 4.69) is 0 Å². The highest BCUT2D eigenvalue weighted by Gasteiger charge is 2.83. The zero-order valence-electron chi connectivity index (χ0n) is 8.20. The van der Waals surface area contributed by atoms with Gasteiger partial charge in [0.15, 0.2) is 0 Å². The third-order valence-electron chi connectivity index (χ3n) is 2.53. The van der Waals surface area contributed by atoms with Crippen molar-refractivity contribution in [1.82, 2.24) is 0 Å². The standard InChI is InChI=1S/C8H5F5O5/c9-5(3(14)15)1-2-6(10,11)8(13,18)7(5,12)4(16)17/h1-2,18H,(H,14,15)(H,16,17). The average molecular weight is 276 g/mol. The van der Waals surface area contributed by atoms with Crippen molar-refractivity contribution in [3.05, 3.63) is 12.2 Å². The lowest BCUT2D eigenvalue weighted by atomic mass is 9.73. The van der Waals surface area contributed by atoms with E-state index in [4.69, 9.17) is 15.3 Å². The Labute approximate surface area is 95.1 Å². The maximum atomic E-state index is 13.8. The fourth-order valence-corrected chi connectivity index (χ4v) is 1.43. The number of rotatable bonds is 2. The van der Waals surface area contributed by atoms with E-state index in [1.807, 2.05) is 0 Å². The van der Waals surface area contributed by atoms with Crippen LogP contribution in [0.2, 0.25) is 0 Å². The van der Waals surface area contributed by atoms with Crippen LogP contribution < -0.4 is 0 Å². The van der Waals surface area contributed by atoms with E-state index in [9.17, 15) is 31.5 Å². The SMILES string of the molecule is O=C(O)C1(F)C=CC(F)(F)C(O)(F)C1(F)C(=O)O. The first-order valence-electron chi connectivity index (χ1n) is 4.18. The summed E-state index contributed by atoms with van der Waals surface area (Å²) in [5.41, 5.74) is -10.1. The van der Waals surface area contributed by atoms with Gasteiger partial charge in [-0.3, -0.25) is 0 Å². The summed E-state index contributed by atoms with van der Waals surface area (Å²) in [4.78, 5) is 20.9. The molecule has 3 atom stereocenters. The number of carboxylic acids is 2. The molecule has 0 aromatic rings. The van der Waals surface area contributed by atoms with Gasteiger partial charge in [-0.15, -0.1) is 0 Å². The summed E-state index contributed by atoms with van der Waals surface area (Å²) < 4.78 is 66.5. The van der Waals surface area contributed by atoms with Crippen LogP contribution in [-0.4, -0.2) is 50.4 Å². The average Bonchev–Trinajstić information content (AvgIpc) is 2.21. The van der Waals surface area contributed by atoms with E-state index >= 15 is 0 Å². The predicted octanol–water partition coefficient (Wildman–Crippen LogP) is 0.435. The van der Waals surface area contributed by atoms with Crippen molar-refractivity contribution in [3.63, 3.8) is 0 Å². The molecule has 10 heteroatoms. The Morgan fingerprint density at radius 1 is 0.889 bits per heavy atom. The first-order valence-corrected chi connectivity index (χ1v) is 4.18. The highest BCUT2D eigenvalue weighted by molar-refractivity contribution is 5.94. The van der Waals surface area contributed by atoms with Crippen LogP contribution in [0.4, 0.5) is 22.0 Å². The summed E-state index contributed by atoms with van der Waals surface area (Å²) in [6.45, 7) is 0. The molecule has 3 unspecified atom stereocenters. The minimum atomic E-state index is -5.58. The largest absolute Gasteiger partial charge is 0.479 e. The van der Waals surface area contributed by atoms with E-state index in [-0.39, 0.29) is 0 Å². The first kappa shape index (κ1) is 14.4. The van der Waals surface area contributed by atoms with Gasteiger partial charge < -0.3 is 15.3 Å². The van der Waals surface area contributed by atoms with E-state index < -0.39 is 47.2 Å². The topological polar surface area (TPSA) is 94.8 Å². The number of alkyl halides is 5. The molecule has 102 valence electrons. The lowest BCUT2D eigenvalue weighted by Gasteiger charge is -2.43. The van der Waals surface area contributed by atoms with Gasteiger partial charge in [0.05, 0.1) is 0 Å². The van der Waals surface area contributed by atoms with E-state index in [1.54, 1.807) is 0 Å². The quantitative estimate of drug-likeness (QED) is 0.502. The molecule has 1 aliphatic rings. The molecular formula is C8H5F5O5. The highest BCUT2D eigenvalue weighted by Crippen LogP contribution is 2.53. The summed E-state index contributed by atoms with van der Waals surface area (Å²) in [7, 11) is 0. The van der Waals surface area contributed by atoms with Crippen molar-refractivity contribution < 1.29 is 46.9 Å². The lowest BCUT2D eigenvalue weighted by Crippen LogP contribution is -2.75. The molecule has 0 saturated carbocycles. The summed E-state index contributed by atoms with van der Waals surface area (Å²) >= 11 is 0. The Kier molecular flexibility index (Phi) is 2.71. The minimum Gasteiger partial charge on any atom is -0.479 e. The molecule has 3 N–H and O–H groups in total. The monoisotopic (exact) mass is 276 g/mol. The van der Waals surface area contributed by atoms with Gasteiger partial charge in [0.25, 0.3) is 5.67 Å². The molecule has 5 nitrogen and oxygen atoms in total. The molecule has 0 saturated heterocycles. The summed E-state index contributed by atoms with van der Waals surface area (Å²) in [6, 6.07) is 0. The van der Waals surface area contributed by atoms with Crippen LogP contribution in [0.3, 0.4) is 0 Å². The van der Waals surface area contributed by atoms with Gasteiger partial charge in [0.1, 0.15) is 0 Å². The predicted molar refractivity (Wildman–Crippen MR) is 43.1 cm³/mol. The smallest absolute Gasteiger partial charge is 0.352 e. The molecular weight excluding hydrogens is 271 g/mol. The molecule has 1 aliphatic carbocycles. The molecule has 18 heavy (non-hydrogen) atoms. The summed E-state index contributed by atoms with van der Waals surface area (Å²) in [5, 5.41) is 25.3. The Morgan fingerprint density at radius 2 is 1.33 bits per heavy atom. The van der Waals surface area contributed by atoms with Crippen LogP contribution in [-0.2, 0) is 9.59 Å². The van der Waals surface area contributed by atoms with Crippen molar-refractivity contribution >= 4 is 11.9 Å². The zero-order valence-corrected chi connectivity index (χ0v) is 8.20. The molecule has 0 heterocycles. The van der Waals surface area contributed by atoms with Gasteiger partial charge in [-0.05, 0) is 12.2 Å². The third-order valence-corrected chi connectivity index (χ3v) is 2.53. The fraction of sp³-hybridized carbons (Fsp3) is 0.500. The number of hydrogen-bond acceptors (Lipinski definition) is 3. The molecule has 0 amide bonds. The maximum absolute atomic E-state index is 13.8. The van der Waals surface area contributed by atoms with Crippen LogP contribution in [0.1, 0.15) is 0 Å². The molecule has 0 aromatic heterocycles. The van der Waals surface area contributed by atoms with Crippen LogP contribution in [0, 0.1) is 0 Å². The minimum absolute atomic E-state index is 0.655. The van der Waals surface area contributed by atoms with Crippen LogP contribution in [0.15, 0.2) is 12.2 Å². The lowest BCUT2D eigenvalue weighted by molar-refractivity contribution is -0.315. The number of hydrogen-bond donors (Lipinski definition) is 3. The third kappa shape index (κ3) is 1.29. The van der Waals surface area contributed by atoms with Gasteiger partial charge in [0.2, 0.25) is 0 Å². The second kappa shape index (κ2) is 3.40. The zero-order chi connectivity index (χ0) is 14.6. The summed E-state index contributed by atoms with van der Waals surface area (Å²) in [5.74, 6) is -16.8. The number of halogens is 5. The van der Waals surface area contributed by atoms with Crippen molar-refractivity contribution in [3.8, 4) is 0 Å². The molecule has 0 aromatic carbocycles. The Bertz CT molecular complexity index is 447. The summed E-state index contributed by atoms with van der Waals surface area (Å²) in [6.07, 6.45) is -1.40. The van der Waals surface area contributed by atoms with Crippen molar-refractivity contribution in [2.75, 3.05) is 0 Å². The highest BCUT2D eigenvalue weighted by atomic mass is 19.3. The van der Waals surface area contributed by atoms with Gasteiger partial charge in [-0.1, -0.05) is 0 Å². The molecule has 0 bridgehead atoms. The van der Waals surface area contributed by atoms with Crippen molar-refractivity contribution in [1.29, 1.82) is 0 Å². The van der Waals surface area contributed by atoms with Crippen LogP contribution in [0.5, 0.6) is 0 Å². The molecule has 0 radical (unpaired) electrons. The number of aliphatic carboxylic acids is 2. The molecule has 0 aliphatic heterocycles. The number of carbonyl (C=O) groups is 2.